The van der Waals surface area contributed by atoms with E-state index in [1.807, 2.05) is 23.1 Å². The molecule has 52 heavy (non-hydrogen) atoms. The molecule has 3 unspecified atom stereocenters. The first-order valence-corrected chi connectivity index (χ1v) is 19.0. The lowest BCUT2D eigenvalue weighted by Gasteiger charge is -2.39. The molecular formula is C39H47ClF2N8O2. The van der Waals surface area contributed by atoms with Gasteiger partial charge in [0.2, 0.25) is 5.91 Å². The van der Waals surface area contributed by atoms with Gasteiger partial charge in [0.15, 0.2) is 5.82 Å². The molecule has 1 aromatic carbocycles. The fraction of sp³-hybridized carbons (Fsp3) is 0.564. The normalized spacial score (nSPS) is 24.4. The van der Waals surface area contributed by atoms with Crippen LogP contribution in [0.5, 0.6) is 6.01 Å². The molecule has 276 valence electrons. The van der Waals surface area contributed by atoms with Crippen molar-refractivity contribution in [3.63, 3.8) is 0 Å². The zero-order valence-corrected chi connectivity index (χ0v) is 30.7. The summed E-state index contributed by atoms with van der Waals surface area (Å²) in [5.41, 5.74) is 2.05. The van der Waals surface area contributed by atoms with Crippen molar-refractivity contribution in [1.82, 2.24) is 29.7 Å². The summed E-state index contributed by atoms with van der Waals surface area (Å²) in [7, 11) is 1.47. The highest BCUT2D eigenvalue weighted by molar-refractivity contribution is 6.32. The van der Waals surface area contributed by atoms with E-state index >= 15 is 4.39 Å². The molecule has 1 amide bonds. The van der Waals surface area contributed by atoms with Gasteiger partial charge in [-0.2, -0.15) is 15.2 Å². The predicted molar refractivity (Wildman–Crippen MR) is 198 cm³/mol. The Morgan fingerprint density at radius 1 is 1.04 bits per heavy atom. The smallest absolute Gasteiger partial charge is 0.318 e. The number of benzene rings is 1. The fourth-order valence-electron chi connectivity index (χ4n) is 8.03. The average molecular weight is 733 g/mol. The van der Waals surface area contributed by atoms with Gasteiger partial charge in [0.25, 0.3) is 0 Å². The highest BCUT2D eigenvalue weighted by Gasteiger charge is 2.38. The number of carbonyl (C=O) groups is 1. The lowest BCUT2D eigenvalue weighted by atomic mass is 9.99. The Balaban J connectivity index is 0.000000298. The maximum absolute atomic E-state index is 16.1. The highest BCUT2D eigenvalue weighted by atomic mass is 35.5. The topological polar surface area (TPSA) is 102 Å². The number of rotatable bonds is 7. The number of carbonyl (C=O) groups excluding carboxylic acids is 1. The summed E-state index contributed by atoms with van der Waals surface area (Å²) in [6, 6.07) is 9.12. The Morgan fingerprint density at radius 2 is 1.81 bits per heavy atom. The lowest BCUT2D eigenvalue weighted by Crippen LogP contribution is -2.49. The Bertz CT molecular complexity index is 1830. The zero-order chi connectivity index (χ0) is 36.4. The molecule has 0 N–H and O–H groups in total. The maximum atomic E-state index is 16.1. The second-order valence-electron chi connectivity index (χ2n) is 14.5. The summed E-state index contributed by atoms with van der Waals surface area (Å²) >= 11 is 6.52. The molecule has 2 saturated carbocycles. The largest absolute Gasteiger partial charge is 0.467 e. The van der Waals surface area contributed by atoms with Gasteiger partial charge < -0.3 is 14.5 Å². The molecule has 10 nitrogen and oxygen atoms in total. The molecule has 9 rings (SSSR count). The van der Waals surface area contributed by atoms with E-state index in [0.717, 1.165) is 50.4 Å². The van der Waals surface area contributed by atoms with Crippen LogP contribution in [0.15, 0.2) is 36.5 Å². The molecule has 0 spiro atoms. The number of ether oxygens (including phenoxy) is 1. The molecule has 4 aliphatic heterocycles. The number of piperazine rings is 1. The molecule has 2 aliphatic carbocycles. The number of fused-ring (bicyclic) bond motifs is 2. The second kappa shape index (κ2) is 16.0. The van der Waals surface area contributed by atoms with E-state index in [9.17, 15) is 9.18 Å². The van der Waals surface area contributed by atoms with Crippen molar-refractivity contribution in [2.24, 2.45) is 0 Å². The van der Waals surface area contributed by atoms with E-state index in [0.29, 0.717) is 72.5 Å². The number of nitrogens with zero attached hydrogens (tertiary/aromatic N) is 8. The fourth-order valence-corrected chi connectivity index (χ4v) is 8.36. The van der Waals surface area contributed by atoms with Gasteiger partial charge in [-0.1, -0.05) is 29.8 Å². The number of methoxy groups -OCH3 is 1. The van der Waals surface area contributed by atoms with Crippen LogP contribution in [0.3, 0.4) is 0 Å². The monoisotopic (exact) mass is 732 g/mol. The van der Waals surface area contributed by atoms with Gasteiger partial charge in [-0.25, -0.2) is 8.78 Å². The maximum Gasteiger partial charge on any atom is 0.318 e. The summed E-state index contributed by atoms with van der Waals surface area (Å²) in [6.45, 7) is 6.66. The van der Waals surface area contributed by atoms with Crippen molar-refractivity contribution in [2.75, 3.05) is 57.8 Å². The van der Waals surface area contributed by atoms with Gasteiger partial charge in [-0.05, 0) is 75.5 Å². The summed E-state index contributed by atoms with van der Waals surface area (Å²) in [4.78, 5) is 35.1. The minimum Gasteiger partial charge on any atom is -0.467 e. The Labute approximate surface area is 309 Å². The number of likely N-dealkylation sites (tertiary alicyclic amines) is 1. The van der Waals surface area contributed by atoms with Crippen LogP contribution in [0.25, 0.3) is 22.2 Å². The van der Waals surface area contributed by atoms with E-state index in [4.69, 9.17) is 21.6 Å². The van der Waals surface area contributed by atoms with E-state index in [1.54, 1.807) is 18.3 Å². The van der Waals surface area contributed by atoms with Crippen LogP contribution in [0.2, 0.25) is 5.02 Å². The SMILES string of the molecule is CC#N.COc1nc(N2CCN(C(=O)/C=C/C3CCN3C3CC3)CC2)c2cnc(-c3cccc(Cl)c3C3CC3)c(F)c2n1.FC1CC2CCCN2C1. The summed E-state index contributed by atoms with van der Waals surface area (Å²) in [6.07, 6.45) is 14.0. The summed E-state index contributed by atoms with van der Waals surface area (Å²) < 4.78 is 34.1. The van der Waals surface area contributed by atoms with Gasteiger partial charge in [0, 0.05) is 87.2 Å². The standard InChI is InChI=1S/C30H32ClFN6O2.C7H12FN.C2H3N/c1-40-30-34-28-22(17-33-27(26(28)32)21-3-2-4-23(31)25(21)18-5-6-18)29(35-30)37-15-13-36(14-16-37)24(39)10-9-20-11-12-38(20)19-7-8-19;8-6-4-7-2-1-3-9(7)5-6;1-2-3/h2-4,9-10,17-20H,5-8,11-16H2,1H3;6-7H,1-5H2;1H3/b10-9+;;. The average Bonchev–Trinajstić information content (AvgIpc) is 4.06. The first kappa shape index (κ1) is 36.4. The summed E-state index contributed by atoms with van der Waals surface area (Å²) in [5.74, 6) is 0.415. The number of hydrogen-bond acceptors (Lipinski definition) is 9. The van der Waals surface area contributed by atoms with E-state index in [2.05, 4.69) is 35.7 Å². The molecular weight excluding hydrogens is 686 g/mol. The van der Waals surface area contributed by atoms with Gasteiger partial charge >= 0.3 is 6.01 Å². The van der Waals surface area contributed by atoms with Crippen LogP contribution in [-0.2, 0) is 4.79 Å². The van der Waals surface area contributed by atoms with Crippen LogP contribution < -0.4 is 9.64 Å². The Morgan fingerprint density at radius 3 is 2.46 bits per heavy atom. The molecule has 2 aromatic heterocycles. The van der Waals surface area contributed by atoms with Gasteiger partial charge in [-0.15, -0.1) is 0 Å². The van der Waals surface area contributed by atoms with Crippen LogP contribution in [0.1, 0.15) is 69.8 Å². The van der Waals surface area contributed by atoms with Crippen molar-refractivity contribution in [1.29, 1.82) is 5.26 Å². The number of alkyl halides is 1. The van der Waals surface area contributed by atoms with Crippen molar-refractivity contribution in [2.45, 2.75) is 88.5 Å². The first-order valence-electron chi connectivity index (χ1n) is 18.6. The summed E-state index contributed by atoms with van der Waals surface area (Å²) in [5, 5.41) is 8.47. The number of nitriles is 1. The number of hydrogen-bond donors (Lipinski definition) is 0. The molecule has 6 heterocycles. The molecule has 13 heteroatoms. The Kier molecular flexibility index (Phi) is 11.2. The zero-order valence-electron chi connectivity index (χ0n) is 30.0. The predicted octanol–water partition coefficient (Wildman–Crippen LogP) is 6.53. The lowest BCUT2D eigenvalue weighted by molar-refractivity contribution is -0.126. The quantitative estimate of drug-likeness (QED) is 0.251. The molecule has 4 saturated heterocycles. The van der Waals surface area contributed by atoms with Gasteiger partial charge in [0.05, 0.1) is 18.6 Å². The second-order valence-corrected chi connectivity index (χ2v) is 14.9. The minimum atomic E-state index is -0.518. The third-order valence-corrected chi connectivity index (χ3v) is 11.4. The van der Waals surface area contributed by atoms with Crippen molar-refractivity contribution in [3.8, 4) is 23.3 Å². The molecule has 3 aromatic rings. The third-order valence-electron chi connectivity index (χ3n) is 11.1. The molecule has 0 radical (unpaired) electrons. The van der Waals surface area contributed by atoms with E-state index in [-0.39, 0.29) is 23.1 Å². The van der Waals surface area contributed by atoms with Crippen LogP contribution >= 0.6 is 11.6 Å². The Hall–Kier alpha value is -3.92. The van der Waals surface area contributed by atoms with Crippen LogP contribution in [0, 0.1) is 17.1 Å². The number of aromatic nitrogens is 3. The van der Waals surface area contributed by atoms with Crippen LogP contribution in [0.4, 0.5) is 14.6 Å². The molecule has 6 fully saturated rings. The number of amides is 1. The third kappa shape index (κ3) is 7.87. The number of halogens is 3. The number of anilines is 1. The molecule has 6 aliphatic rings. The minimum absolute atomic E-state index is 0.0396. The van der Waals surface area contributed by atoms with Crippen molar-refractivity contribution >= 4 is 34.2 Å². The van der Waals surface area contributed by atoms with Crippen LogP contribution in [-0.4, -0.2) is 113 Å². The molecule has 0 bridgehead atoms. The number of pyridine rings is 1. The van der Waals surface area contributed by atoms with E-state index < -0.39 is 12.0 Å². The highest BCUT2D eigenvalue weighted by Crippen LogP contribution is 2.48. The first-order chi connectivity index (χ1) is 25.3. The van der Waals surface area contributed by atoms with Gasteiger partial charge in [-0.3, -0.25) is 19.6 Å². The molecule has 3 atom stereocenters. The van der Waals surface area contributed by atoms with E-state index in [1.165, 1.54) is 39.7 Å². The van der Waals surface area contributed by atoms with Gasteiger partial charge in [0.1, 0.15) is 23.2 Å². The van der Waals surface area contributed by atoms with Crippen molar-refractivity contribution < 1.29 is 18.3 Å². The van der Waals surface area contributed by atoms with Crippen molar-refractivity contribution in [3.05, 3.63) is 53.0 Å².